The van der Waals surface area contributed by atoms with Gasteiger partial charge in [-0.05, 0) is 30.5 Å². The van der Waals surface area contributed by atoms with Crippen molar-refractivity contribution in [3.8, 4) is 0 Å². The number of nitrogens with zero attached hydrogens (tertiary/aromatic N) is 1. The van der Waals surface area contributed by atoms with Crippen LogP contribution in [0.25, 0.3) is 0 Å². The molecule has 0 unspecified atom stereocenters. The summed E-state index contributed by atoms with van der Waals surface area (Å²) in [6.45, 7) is 1.06. The van der Waals surface area contributed by atoms with Crippen LogP contribution in [0.1, 0.15) is 37.7 Å². The van der Waals surface area contributed by atoms with Gasteiger partial charge in [0, 0.05) is 24.0 Å². The standard InChI is InChI=1S/C16H19BrN2O2/c17-13-5-3-4-12(10-13)11-19-9-6-14(20)18-16(15(19)21)7-1-2-8-16/h3-5,10H,1-2,6-9,11H2,(H,18,20). The van der Waals surface area contributed by atoms with Crippen molar-refractivity contribution < 1.29 is 9.59 Å². The molecular weight excluding hydrogens is 332 g/mol. The maximum absolute atomic E-state index is 12.9. The SMILES string of the molecule is O=C1CCN(Cc2cccc(Br)c2)C(=O)C2(CCCC2)N1. The molecule has 1 aromatic rings. The van der Waals surface area contributed by atoms with Gasteiger partial charge in [0.1, 0.15) is 5.54 Å². The van der Waals surface area contributed by atoms with Gasteiger partial charge in [-0.15, -0.1) is 0 Å². The minimum atomic E-state index is -0.639. The van der Waals surface area contributed by atoms with Crippen LogP contribution in [-0.4, -0.2) is 28.8 Å². The van der Waals surface area contributed by atoms with Gasteiger partial charge >= 0.3 is 0 Å². The molecule has 2 fully saturated rings. The van der Waals surface area contributed by atoms with Crippen LogP contribution in [0.15, 0.2) is 28.7 Å². The summed E-state index contributed by atoms with van der Waals surface area (Å²) >= 11 is 3.46. The Morgan fingerprint density at radius 3 is 2.71 bits per heavy atom. The van der Waals surface area contributed by atoms with Crippen molar-refractivity contribution in [3.05, 3.63) is 34.3 Å². The van der Waals surface area contributed by atoms with Crippen molar-refractivity contribution in [1.82, 2.24) is 10.2 Å². The van der Waals surface area contributed by atoms with Crippen molar-refractivity contribution >= 4 is 27.7 Å². The Kier molecular flexibility index (Phi) is 4.02. The first-order chi connectivity index (χ1) is 10.1. The molecule has 1 aliphatic heterocycles. The third kappa shape index (κ3) is 2.98. The number of carbonyl (C=O) groups excluding carboxylic acids is 2. The predicted molar refractivity (Wildman–Crippen MR) is 83.5 cm³/mol. The van der Waals surface area contributed by atoms with Crippen LogP contribution < -0.4 is 5.32 Å². The van der Waals surface area contributed by atoms with Gasteiger partial charge in [0.2, 0.25) is 11.8 Å². The molecule has 0 aromatic heterocycles. The van der Waals surface area contributed by atoms with Crippen molar-refractivity contribution in [1.29, 1.82) is 0 Å². The number of benzene rings is 1. The highest BCUT2D eigenvalue weighted by atomic mass is 79.9. The summed E-state index contributed by atoms with van der Waals surface area (Å²) in [5.74, 6) is 0.0906. The average molecular weight is 351 g/mol. The fraction of sp³-hybridized carbons (Fsp3) is 0.500. The molecule has 0 bridgehead atoms. The van der Waals surface area contributed by atoms with Gasteiger partial charge in [-0.25, -0.2) is 0 Å². The molecule has 3 rings (SSSR count). The Bertz CT molecular complexity index is 567. The number of hydrogen-bond acceptors (Lipinski definition) is 2. The van der Waals surface area contributed by atoms with E-state index in [4.69, 9.17) is 0 Å². The lowest BCUT2D eigenvalue weighted by molar-refractivity contribution is -0.139. The van der Waals surface area contributed by atoms with E-state index in [1.807, 2.05) is 29.2 Å². The Labute approximate surface area is 133 Å². The van der Waals surface area contributed by atoms with E-state index < -0.39 is 5.54 Å². The lowest BCUT2D eigenvalue weighted by atomic mass is 9.95. The topological polar surface area (TPSA) is 49.4 Å². The highest BCUT2D eigenvalue weighted by molar-refractivity contribution is 9.10. The fourth-order valence-corrected chi connectivity index (χ4v) is 3.79. The molecule has 2 amide bonds. The number of rotatable bonds is 2. The molecule has 1 aliphatic carbocycles. The molecule has 1 N–H and O–H groups in total. The van der Waals surface area contributed by atoms with Crippen LogP contribution in [-0.2, 0) is 16.1 Å². The molecule has 0 atom stereocenters. The van der Waals surface area contributed by atoms with Crippen molar-refractivity contribution in [3.63, 3.8) is 0 Å². The summed E-state index contributed by atoms with van der Waals surface area (Å²) in [5, 5.41) is 2.99. The number of halogens is 1. The molecule has 4 nitrogen and oxygen atoms in total. The van der Waals surface area contributed by atoms with Crippen LogP contribution in [0.2, 0.25) is 0 Å². The molecule has 0 radical (unpaired) electrons. The van der Waals surface area contributed by atoms with Crippen LogP contribution in [0.4, 0.5) is 0 Å². The van der Waals surface area contributed by atoms with Crippen molar-refractivity contribution in [2.24, 2.45) is 0 Å². The first-order valence-electron chi connectivity index (χ1n) is 7.44. The van der Waals surface area contributed by atoms with E-state index in [1.54, 1.807) is 0 Å². The van der Waals surface area contributed by atoms with E-state index in [1.165, 1.54) is 0 Å². The first kappa shape index (κ1) is 14.6. The van der Waals surface area contributed by atoms with Crippen molar-refractivity contribution in [2.75, 3.05) is 6.54 Å². The maximum atomic E-state index is 12.9. The fourth-order valence-electron chi connectivity index (χ4n) is 3.35. The Morgan fingerprint density at radius 2 is 2.00 bits per heavy atom. The number of amides is 2. The van der Waals surface area contributed by atoms with Crippen LogP contribution in [0, 0.1) is 0 Å². The van der Waals surface area contributed by atoms with E-state index in [-0.39, 0.29) is 11.8 Å². The molecule has 1 saturated carbocycles. The van der Waals surface area contributed by atoms with E-state index in [9.17, 15) is 9.59 Å². The zero-order chi connectivity index (χ0) is 14.9. The number of hydrogen-bond donors (Lipinski definition) is 1. The average Bonchev–Trinajstić information content (AvgIpc) is 2.88. The first-order valence-corrected chi connectivity index (χ1v) is 8.23. The van der Waals surface area contributed by atoms with Gasteiger partial charge in [-0.1, -0.05) is 40.9 Å². The van der Waals surface area contributed by atoms with Gasteiger partial charge in [-0.2, -0.15) is 0 Å². The highest BCUT2D eigenvalue weighted by Crippen LogP contribution is 2.33. The van der Waals surface area contributed by atoms with Gasteiger partial charge in [0.25, 0.3) is 0 Å². The Hall–Kier alpha value is -1.36. The molecule has 112 valence electrons. The maximum Gasteiger partial charge on any atom is 0.248 e. The van der Waals surface area contributed by atoms with Crippen LogP contribution >= 0.6 is 15.9 Å². The number of nitrogens with one attached hydrogen (secondary N) is 1. The molecule has 1 saturated heterocycles. The lowest BCUT2D eigenvalue weighted by Crippen LogP contribution is -2.55. The molecular formula is C16H19BrN2O2. The van der Waals surface area contributed by atoms with Gasteiger partial charge in [0.15, 0.2) is 0 Å². The summed E-state index contributed by atoms with van der Waals surface area (Å²) in [6.07, 6.45) is 3.95. The normalized spacial score (nSPS) is 21.5. The molecule has 1 aromatic carbocycles. The van der Waals surface area contributed by atoms with Gasteiger partial charge in [0.05, 0.1) is 0 Å². The summed E-state index contributed by atoms with van der Waals surface area (Å²) in [6, 6.07) is 7.97. The minimum absolute atomic E-state index is 0.00184. The minimum Gasteiger partial charge on any atom is -0.342 e. The lowest BCUT2D eigenvalue weighted by Gasteiger charge is -2.31. The van der Waals surface area contributed by atoms with Gasteiger partial charge in [-0.3, -0.25) is 9.59 Å². The third-order valence-corrected chi connectivity index (χ3v) is 4.90. The second-order valence-electron chi connectivity index (χ2n) is 5.94. The summed E-state index contributed by atoms with van der Waals surface area (Å²) in [7, 11) is 0. The Balaban J connectivity index is 1.83. The van der Waals surface area contributed by atoms with Crippen LogP contribution in [0.3, 0.4) is 0 Å². The quantitative estimate of drug-likeness (QED) is 0.891. The van der Waals surface area contributed by atoms with E-state index in [0.717, 1.165) is 35.7 Å². The second-order valence-corrected chi connectivity index (χ2v) is 6.86. The Morgan fingerprint density at radius 1 is 1.24 bits per heavy atom. The molecule has 5 heteroatoms. The van der Waals surface area contributed by atoms with Crippen LogP contribution in [0.5, 0.6) is 0 Å². The number of carbonyl (C=O) groups is 2. The summed E-state index contributed by atoms with van der Waals surface area (Å²) < 4.78 is 1.01. The monoisotopic (exact) mass is 350 g/mol. The predicted octanol–water partition coefficient (Wildman–Crippen LogP) is 2.61. The zero-order valence-electron chi connectivity index (χ0n) is 11.9. The van der Waals surface area contributed by atoms with Crippen molar-refractivity contribution in [2.45, 2.75) is 44.2 Å². The van der Waals surface area contributed by atoms with E-state index in [0.29, 0.717) is 19.5 Å². The summed E-state index contributed by atoms with van der Waals surface area (Å²) in [4.78, 5) is 26.7. The molecule has 1 spiro atoms. The largest absolute Gasteiger partial charge is 0.342 e. The zero-order valence-corrected chi connectivity index (χ0v) is 13.5. The highest BCUT2D eigenvalue weighted by Gasteiger charge is 2.46. The smallest absolute Gasteiger partial charge is 0.248 e. The third-order valence-electron chi connectivity index (χ3n) is 4.40. The molecule has 2 aliphatic rings. The van der Waals surface area contributed by atoms with E-state index in [2.05, 4.69) is 21.2 Å². The summed E-state index contributed by atoms with van der Waals surface area (Å²) in [5.41, 5.74) is 0.444. The van der Waals surface area contributed by atoms with Gasteiger partial charge < -0.3 is 10.2 Å². The van der Waals surface area contributed by atoms with E-state index >= 15 is 0 Å². The molecule has 21 heavy (non-hydrogen) atoms. The second kappa shape index (κ2) is 5.79. The molecule has 1 heterocycles.